The van der Waals surface area contributed by atoms with Crippen LogP contribution in [0, 0.1) is 6.92 Å². The molecule has 1 N–H and O–H groups in total. The Bertz CT molecular complexity index is 459. The first kappa shape index (κ1) is 12.9. The largest absolute Gasteiger partial charge is 0.252 e. The highest BCUT2D eigenvalue weighted by Crippen LogP contribution is 2.27. The number of sulfonamides is 1. The van der Waals surface area contributed by atoms with Crippen molar-refractivity contribution in [1.29, 1.82) is 0 Å². The summed E-state index contributed by atoms with van der Waals surface area (Å²) in [6, 6.07) is 0. The normalized spacial score (nSPS) is 13.1. The van der Waals surface area contributed by atoms with Crippen LogP contribution in [0.2, 0.25) is 4.47 Å². The molecule has 1 aromatic rings. The van der Waals surface area contributed by atoms with Gasteiger partial charge in [-0.3, -0.25) is 0 Å². The van der Waals surface area contributed by atoms with Gasteiger partial charge in [0.05, 0.1) is 5.69 Å². The van der Waals surface area contributed by atoms with Crippen LogP contribution >= 0.6 is 22.9 Å². The minimum absolute atomic E-state index is 0.183. The smallest absolute Gasteiger partial charge is 0.229 e. The molecular formula is C8H13ClN2O2S2. The summed E-state index contributed by atoms with van der Waals surface area (Å²) in [6.45, 7) is 6.97. The first-order valence-electron chi connectivity index (χ1n) is 4.29. The number of nitrogens with zero attached hydrogens (tertiary/aromatic N) is 1. The van der Waals surface area contributed by atoms with Crippen LogP contribution in [0.5, 0.6) is 0 Å². The van der Waals surface area contributed by atoms with E-state index in [1.165, 1.54) is 0 Å². The van der Waals surface area contributed by atoms with E-state index in [2.05, 4.69) is 9.71 Å². The third-order valence-electron chi connectivity index (χ3n) is 1.41. The summed E-state index contributed by atoms with van der Waals surface area (Å²) in [6.07, 6.45) is 0. The highest BCUT2D eigenvalue weighted by atomic mass is 35.5. The molecule has 0 amide bonds. The Balaban J connectivity index is 3.13. The summed E-state index contributed by atoms with van der Waals surface area (Å²) in [5.74, 6) is 0. The molecule has 0 atom stereocenters. The maximum Gasteiger partial charge on any atom is 0.252 e. The van der Waals surface area contributed by atoms with Crippen LogP contribution in [0.3, 0.4) is 0 Å². The number of hydrogen-bond donors (Lipinski definition) is 1. The number of hydrogen-bond acceptors (Lipinski definition) is 4. The molecular weight excluding hydrogens is 256 g/mol. The minimum atomic E-state index is -3.51. The predicted octanol–water partition coefficient (Wildman–Crippen LogP) is 2.18. The topological polar surface area (TPSA) is 59.1 Å². The molecule has 0 saturated heterocycles. The molecule has 86 valence electrons. The van der Waals surface area contributed by atoms with Gasteiger partial charge in [0.15, 0.2) is 8.68 Å². The number of aromatic nitrogens is 1. The SMILES string of the molecule is Cc1nc(Cl)sc1S(=O)(=O)NC(C)(C)C. The summed E-state index contributed by atoms with van der Waals surface area (Å²) in [5, 5.41) is 0. The van der Waals surface area contributed by atoms with E-state index < -0.39 is 15.6 Å². The Morgan fingerprint density at radius 2 is 1.93 bits per heavy atom. The van der Waals surface area contributed by atoms with Gasteiger partial charge in [0, 0.05) is 5.54 Å². The summed E-state index contributed by atoms with van der Waals surface area (Å²) in [7, 11) is -3.51. The van der Waals surface area contributed by atoms with E-state index in [1.807, 2.05) is 0 Å². The lowest BCUT2D eigenvalue weighted by atomic mass is 10.1. The van der Waals surface area contributed by atoms with Crippen LogP contribution in [-0.4, -0.2) is 18.9 Å². The average Bonchev–Trinajstić information content (AvgIpc) is 2.24. The van der Waals surface area contributed by atoms with Gasteiger partial charge in [-0.25, -0.2) is 18.1 Å². The van der Waals surface area contributed by atoms with Crippen LogP contribution in [0.4, 0.5) is 0 Å². The summed E-state index contributed by atoms with van der Waals surface area (Å²) >= 11 is 6.62. The van der Waals surface area contributed by atoms with Gasteiger partial charge in [-0.15, -0.1) is 0 Å². The van der Waals surface area contributed by atoms with E-state index in [9.17, 15) is 8.42 Å². The zero-order valence-corrected chi connectivity index (χ0v) is 11.3. The second kappa shape index (κ2) is 4.01. The molecule has 0 saturated carbocycles. The summed E-state index contributed by atoms with van der Waals surface area (Å²) in [5.41, 5.74) is -0.0800. The molecule has 0 unspecified atom stereocenters. The molecule has 1 rings (SSSR count). The van der Waals surface area contributed by atoms with Gasteiger partial charge in [-0.1, -0.05) is 22.9 Å². The summed E-state index contributed by atoms with van der Waals surface area (Å²) in [4.78, 5) is 3.87. The number of aryl methyl sites for hydroxylation is 1. The van der Waals surface area contributed by atoms with E-state index in [0.717, 1.165) is 11.3 Å². The fourth-order valence-electron chi connectivity index (χ4n) is 1.05. The van der Waals surface area contributed by atoms with Crippen LogP contribution < -0.4 is 4.72 Å². The first-order valence-corrected chi connectivity index (χ1v) is 6.96. The van der Waals surface area contributed by atoms with Crippen molar-refractivity contribution in [3.63, 3.8) is 0 Å². The number of rotatable bonds is 2. The number of thiazole rings is 1. The first-order chi connectivity index (χ1) is 6.62. The fraction of sp³-hybridized carbons (Fsp3) is 0.625. The Labute approximate surface area is 98.7 Å². The second-order valence-corrected chi connectivity index (χ2v) is 7.65. The van der Waals surface area contributed by atoms with Crippen molar-refractivity contribution in [3.8, 4) is 0 Å². The maximum atomic E-state index is 11.9. The maximum absolute atomic E-state index is 11.9. The Morgan fingerprint density at radius 3 is 2.27 bits per heavy atom. The molecule has 0 spiro atoms. The zero-order valence-electron chi connectivity index (χ0n) is 8.96. The molecule has 0 bridgehead atoms. The molecule has 0 fully saturated rings. The highest BCUT2D eigenvalue weighted by molar-refractivity contribution is 7.91. The monoisotopic (exact) mass is 268 g/mol. The van der Waals surface area contributed by atoms with E-state index in [4.69, 9.17) is 11.6 Å². The summed E-state index contributed by atoms with van der Waals surface area (Å²) < 4.78 is 26.7. The molecule has 0 aromatic carbocycles. The van der Waals surface area contributed by atoms with Gasteiger partial charge in [-0.05, 0) is 27.7 Å². The van der Waals surface area contributed by atoms with Gasteiger partial charge in [0.25, 0.3) is 10.0 Å². The van der Waals surface area contributed by atoms with Crippen molar-refractivity contribution in [3.05, 3.63) is 10.2 Å². The van der Waals surface area contributed by atoms with E-state index in [-0.39, 0.29) is 8.68 Å². The van der Waals surface area contributed by atoms with E-state index in [0.29, 0.717) is 5.69 Å². The van der Waals surface area contributed by atoms with Crippen molar-refractivity contribution < 1.29 is 8.42 Å². The molecule has 0 radical (unpaired) electrons. The van der Waals surface area contributed by atoms with Crippen molar-refractivity contribution in [2.75, 3.05) is 0 Å². The van der Waals surface area contributed by atoms with Gasteiger partial charge in [0.1, 0.15) is 0 Å². The van der Waals surface area contributed by atoms with E-state index >= 15 is 0 Å². The lowest BCUT2D eigenvalue weighted by Crippen LogP contribution is -2.40. The third kappa shape index (κ3) is 3.41. The van der Waals surface area contributed by atoms with Crippen molar-refractivity contribution in [2.24, 2.45) is 0 Å². The van der Waals surface area contributed by atoms with Crippen molar-refractivity contribution in [2.45, 2.75) is 37.4 Å². The lowest BCUT2D eigenvalue weighted by molar-refractivity contribution is 0.492. The molecule has 7 heteroatoms. The molecule has 0 aliphatic heterocycles. The Hall–Kier alpha value is -0.170. The van der Waals surface area contributed by atoms with Gasteiger partial charge >= 0.3 is 0 Å². The van der Waals surface area contributed by atoms with Gasteiger partial charge < -0.3 is 0 Å². The van der Waals surface area contributed by atoms with Crippen molar-refractivity contribution in [1.82, 2.24) is 9.71 Å². The van der Waals surface area contributed by atoms with Crippen LogP contribution in [-0.2, 0) is 10.0 Å². The molecule has 0 aliphatic carbocycles. The van der Waals surface area contributed by atoms with Gasteiger partial charge in [0.2, 0.25) is 0 Å². The Morgan fingerprint density at radius 1 is 1.40 bits per heavy atom. The predicted molar refractivity (Wildman–Crippen MR) is 61.9 cm³/mol. The lowest BCUT2D eigenvalue weighted by Gasteiger charge is -2.19. The fourth-order valence-corrected chi connectivity index (χ4v) is 4.21. The second-order valence-electron chi connectivity index (χ2n) is 4.20. The Kier molecular flexibility index (Phi) is 3.45. The van der Waals surface area contributed by atoms with Crippen LogP contribution in [0.15, 0.2) is 4.21 Å². The van der Waals surface area contributed by atoms with Crippen LogP contribution in [0.25, 0.3) is 0 Å². The number of nitrogens with one attached hydrogen (secondary N) is 1. The van der Waals surface area contributed by atoms with Crippen LogP contribution in [0.1, 0.15) is 26.5 Å². The molecule has 1 aromatic heterocycles. The third-order valence-corrected chi connectivity index (χ3v) is 5.04. The van der Waals surface area contributed by atoms with Gasteiger partial charge in [-0.2, -0.15) is 0 Å². The molecule has 1 heterocycles. The quantitative estimate of drug-likeness (QED) is 0.894. The average molecular weight is 269 g/mol. The molecule has 4 nitrogen and oxygen atoms in total. The minimum Gasteiger partial charge on any atom is -0.229 e. The van der Waals surface area contributed by atoms with E-state index in [1.54, 1.807) is 27.7 Å². The molecule has 15 heavy (non-hydrogen) atoms. The number of halogens is 1. The molecule has 0 aliphatic rings. The van der Waals surface area contributed by atoms with Crippen molar-refractivity contribution >= 4 is 33.0 Å². The highest BCUT2D eigenvalue weighted by Gasteiger charge is 2.26. The standard InChI is InChI=1S/C8H13ClN2O2S2/c1-5-6(14-7(9)10-5)15(12,13)11-8(2,3)4/h11H,1-4H3. The zero-order chi connectivity index (χ0) is 11.9.